The van der Waals surface area contributed by atoms with Crippen molar-refractivity contribution < 1.29 is 19.2 Å². The normalized spacial score (nSPS) is 11.0. The summed E-state index contributed by atoms with van der Waals surface area (Å²) in [5.74, 6) is 0.297. The average Bonchev–Trinajstić information content (AvgIpc) is 2.73. The van der Waals surface area contributed by atoms with Crippen molar-refractivity contribution in [1.29, 1.82) is 0 Å². The molecule has 0 aliphatic carbocycles. The second kappa shape index (κ2) is 7.00. The molecule has 1 aromatic rings. The molecule has 0 saturated heterocycles. The molecule has 0 spiro atoms. The summed E-state index contributed by atoms with van der Waals surface area (Å²) in [5.41, 5.74) is 0. The Hall–Kier alpha value is -1.44. The van der Waals surface area contributed by atoms with Crippen molar-refractivity contribution in [3.8, 4) is 0 Å². The zero-order valence-corrected chi connectivity index (χ0v) is 9.66. The lowest BCUT2D eigenvalue weighted by atomic mass is 10.4. The van der Waals surface area contributed by atoms with Crippen molar-refractivity contribution in [2.75, 3.05) is 33.4 Å². The van der Waals surface area contributed by atoms with E-state index in [-0.39, 0.29) is 12.5 Å². The highest BCUT2D eigenvalue weighted by atomic mass is 16.6. The molecule has 96 valence electrons. The Balaban J connectivity index is 2.29. The van der Waals surface area contributed by atoms with Crippen molar-refractivity contribution in [2.45, 2.75) is 6.54 Å². The first kappa shape index (κ1) is 13.6. The highest BCUT2D eigenvalue weighted by Gasteiger charge is 2.12. The summed E-state index contributed by atoms with van der Waals surface area (Å²) in [7, 11) is 1.86. The van der Waals surface area contributed by atoms with Gasteiger partial charge in [0, 0.05) is 6.54 Å². The fourth-order valence-electron chi connectivity index (χ4n) is 1.28. The molecule has 0 aromatic carbocycles. The van der Waals surface area contributed by atoms with Crippen LogP contribution in [0.25, 0.3) is 0 Å². The van der Waals surface area contributed by atoms with E-state index in [0.29, 0.717) is 32.1 Å². The number of aliphatic hydroxyl groups is 1. The number of hydrogen-bond acceptors (Lipinski definition) is 6. The minimum absolute atomic E-state index is 0.00803. The lowest BCUT2D eigenvalue weighted by molar-refractivity contribution is -0.402. The molecule has 0 aliphatic rings. The number of ether oxygens (including phenoxy) is 1. The van der Waals surface area contributed by atoms with Crippen molar-refractivity contribution in [3.63, 3.8) is 0 Å². The molecule has 0 amide bonds. The third kappa shape index (κ3) is 4.94. The van der Waals surface area contributed by atoms with Gasteiger partial charge in [-0.3, -0.25) is 15.0 Å². The fraction of sp³-hybridized carbons (Fsp3) is 0.600. The van der Waals surface area contributed by atoms with E-state index in [1.165, 1.54) is 6.07 Å². The number of rotatable bonds is 8. The van der Waals surface area contributed by atoms with Gasteiger partial charge in [-0.1, -0.05) is 0 Å². The number of aliphatic hydroxyl groups excluding tert-OH is 1. The van der Waals surface area contributed by atoms with E-state index >= 15 is 0 Å². The van der Waals surface area contributed by atoms with Crippen LogP contribution in [0.5, 0.6) is 0 Å². The van der Waals surface area contributed by atoms with E-state index in [1.807, 2.05) is 11.9 Å². The van der Waals surface area contributed by atoms with Gasteiger partial charge in [-0.2, -0.15) is 0 Å². The summed E-state index contributed by atoms with van der Waals surface area (Å²) in [6, 6.07) is 2.93. The summed E-state index contributed by atoms with van der Waals surface area (Å²) in [4.78, 5) is 11.8. The van der Waals surface area contributed by atoms with Crippen LogP contribution in [0.1, 0.15) is 5.76 Å². The van der Waals surface area contributed by atoms with Crippen molar-refractivity contribution in [3.05, 3.63) is 28.0 Å². The molecule has 1 heterocycles. The van der Waals surface area contributed by atoms with Crippen molar-refractivity contribution >= 4 is 5.88 Å². The van der Waals surface area contributed by atoms with Gasteiger partial charge in [0.15, 0.2) is 0 Å². The van der Waals surface area contributed by atoms with E-state index in [9.17, 15) is 10.1 Å². The van der Waals surface area contributed by atoms with Gasteiger partial charge in [0.05, 0.1) is 32.4 Å². The average molecular weight is 244 g/mol. The van der Waals surface area contributed by atoms with Gasteiger partial charge < -0.3 is 14.3 Å². The molecule has 0 saturated carbocycles. The van der Waals surface area contributed by atoms with Crippen LogP contribution in [-0.2, 0) is 11.3 Å². The third-order valence-electron chi connectivity index (χ3n) is 2.11. The smallest absolute Gasteiger partial charge is 0.404 e. The molecular weight excluding hydrogens is 228 g/mol. The lowest BCUT2D eigenvalue weighted by Gasteiger charge is -2.14. The van der Waals surface area contributed by atoms with Gasteiger partial charge in [0.2, 0.25) is 0 Å². The van der Waals surface area contributed by atoms with Gasteiger partial charge in [0.25, 0.3) is 0 Å². The first-order chi connectivity index (χ1) is 8.13. The number of nitro groups is 1. The van der Waals surface area contributed by atoms with Crippen LogP contribution in [0.2, 0.25) is 0 Å². The molecular formula is C10H16N2O5. The molecule has 0 unspecified atom stereocenters. The predicted octanol–water partition coefficient (Wildman–Crippen LogP) is 0.628. The van der Waals surface area contributed by atoms with Crippen LogP contribution >= 0.6 is 0 Å². The maximum atomic E-state index is 10.4. The van der Waals surface area contributed by atoms with E-state index in [0.717, 1.165) is 0 Å². The molecule has 7 nitrogen and oxygen atoms in total. The Kier molecular flexibility index (Phi) is 5.61. The van der Waals surface area contributed by atoms with Crippen molar-refractivity contribution in [1.82, 2.24) is 4.90 Å². The van der Waals surface area contributed by atoms with Gasteiger partial charge in [-0.05, 0) is 13.1 Å². The van der Waals surface area contributed by atoms with Gasteiger partial charge in [0.1, 0.15) is 10.7 Å². The number of hydrogen-bond donors (Lipinski definition) is 1. The van der Waals surface area contributed by atoms with Crippen LogP contribution in [-0.4, -0.2) is 48.3 Å². The van der Waals surface area contributed by atoms with Crippen LogP contribution in [0.3, 0.4) is 0 Å². The van der Waals surface area contributed by atoms with Crippen molar-refractivity contribution in [2.24, 2.45) is 0 Å². The summed E-state index contributed by atoms with van der Waals surface area (Å²) in [5, 5.41) is 18.9. The molecule has 0 fully saturated rings. The minimum Gasteiger partial charge on any atom is -0.404 e. The summed E-state index contributed by atoms with van der Waals surface area (Å²) in [6.45, 7) is 1.97. The fourth-order valence-corrected chi connectivity index (χ4v) is 1.28. The number of furan rings is 1. The van der Waals surface area contributed by atoms with Gasteiger partial charge >= 0.3 is 5.88 Å². The summed E-state index contributed by atoms with van der Waals surface area (Å²) >= 11 is 0. The molecule has 7 heteroatoms. The van der Waals surface area contributed by atoms with E-state index < -0.39 is 4.92 Å². The third-order valence-corrected chi connectivity index (χ3v) is 2.11. The van der Waals surface area contributed by atoms with E-state index in [1.54, 1.807) is 6.07 Å². The summed E-state index contributed by atoms with van der Waals surface area (Å²) in [6.07, 6.45) is 0. The number of likely N-dealkylation sites (N-methyl/N-ethyl adjacent to an activating group) is 1. The Morgan fingerprint density at radius 1 is 1.53 bits per heavy atom. The van der Waals surface area contributed by atoms with Gasteiger partial charge in [-0.15, -0.1) is 0 Å². The van der Waals surface area contributed by atoms with Crippen LogP contribution in [0.15, 0.2) is 16.5 Å². The predicted molar refractivity (Wildman–Crippen MR) is 59.6 cm³/mol. The lowest BCUT2D eigenvalue weighted by Crippen LogP contribution is -2.23. The topological polar surface area (TPSA) is 89.0 Å². The monoisotopic (exact) mass is 244 g/mol. The molecule has 1 aromatic heterocycles. The standard InChI is InChI=1S/C10H16N2O5/c1-11(4-6-16-7-5-13)8-9-2-3-10(17-9)12(14)15/h2-3,13H,4-8H2,1H3. The molecule has 1 N–H and O–H groups in total. The second-order valence-corrected chi connectivity index (χ2v) is 3.57. The molecule has 17 heavy (non-hydrogen) atoms. The second-order valence-electron chi connectivity index (χ2n) is 3.57. The Morgan fingerprint density at radius 2 is 2.29 bits per heavy atom. The molecule has 0 radical (unpaired) electrons. The zero-order chi connectivity index (χ0) is 12.7. The first-order valence-corrected chi connectivity index (χ1v) is 5.23. The highest BCUT2D eigenvalue weighted by molar-refractivity contribution is 5.17. The maximum Gasteiger partial charge on any atom is 0.433 e. The van der Waals surface area contributed by atoms with E-state index in [4.69, 9.17) is 14.3 Å². The Morgan fingerprint density at radius 3 is 2.88 bits per heavy atom. The SMILES string of the molecule is CN(CCOCCO)Cc1ccc([N+](=O)[O-])o1. The Labute approximate surface area is 98.7 Å². The van der Waals surface area contributed by atoms with Crippen LogP contribution in [0.4, 0.5) is 5.88 Å². The highest BCUT2D eigenvalue weighted by Crippen LogP contribution is 2.16. The largest absolute Gasteiger partial charge is 0.433 e. The quantitative estimate of drug-likeness (QED) is 0.410. The zero-order valence-electron chi connectivity index (χ0n) is 9.66. The number of nitrogens with zero attached hydrogens (tertiary/aromatic N) is 2. The first-order valence-electron chi connectivity index (χ1n) is 5.23. The molecule has 0 bridgehead atoms. The van der Waals surface area contributed by atoms with Gasteiger partial charge in [-0.25, -0.2) is 0 Å². The molecule has 1 rings (SSSR count). The summed E-state index contributed by atoms with van der Waals surface area (Å²) < 4.78 is 10.1. The maximum absolute atomic E-state index is 10.4. The van der Waals surface area contributed by atoms with Crippen LogP contribution in [0, 0.1) is 10.1 Å². The van der Waals surface area contributed by atoms with E-state index in [2.05, 4.69) is 0 Å². The Bertz CT molecular complexity index is 352. The van der Waals surface area contributed by atoms with Crippen LogP contribution < -0.4 is 0 Å². The molecule has 0 atom stereocenters. The minimum atomic E-state index is -0.562. The molecule has 0 aliphatic heterocycles.